The predicted molar refractivity (Wildman–Crippen MR) is 58.9 cm³/mol. The molecule has 92 valence electrons. The van der Waals surface area contributed by atoms with Crippen LogP contribution < -0.4 is 10.5 Å². The monoisotopic (exact) mass is 239 g/mol. The number of primary amides is 1. The molecule has 0 aliphatic rings. The molecule has 1 atom stereocenters. The number of amides is 1. The Labute approximate surface area is 97.9 Å². The summed E-state index contributed by atoms with van der Waals surface area (Å²) >= 11 is 0. The van der Waals surface area contributed by atoms with E-state index in [0.717, 1.165) is 0 Å². The highest BCUT2D eigenvalue weighted by Crippen LogP contribution is 2.14. The van der Waals surface area contributed by atoms with Gasteiger partial charge in [0.25, 0.3) is 0 Å². The van der Waals surface area contributed by atoms with Gasteiger partial charge in [-0.2, -0.15) is 0 Å². The molecule has 0 aromatic heterocycles. The maximum Gasteiger partial charge on any atom is 0.347 e. The summed E-state index contributed by atoms with van der Waals surface area (Å²) in [6.07, 6.45) is -1.08. The van der Waals surface area contributed by atoms with E-state index in [1.807, 2.05) is 0 Å². The van der Waals surface area contributed by atoms with Crippen molar-refractivity contribution in [3.63, 3.8) is 0 Å². The smallest absolute Gasteiger partial charge is 0.347 e. The van der Waals surface area contributed by atoms with E-state index >= 15 is 0 Å². The Kier molecular flexibility index (Phi) is 4.47. The van der Waals surface area contributed by atoms with Crippen LogP contribution in [0.3, 0.4) is 0 Å². The Morgan fingerprint density at radius 3 is 2.35 bits per heavy atom. The summed E-state index contributed by atoms with van der Waals surface area (Å²) in [4.78, 5) is 21.6. The lowest BCUT2D eigenvalue weighted by Gasteiger charge is -2.14. The van der Waals surface area contributed by atoms with E-state index in [1.165, 1.54) is 31.4 Å². The fraction of sp³-hybridized carbons (Fsp3) is 0.273. The molecule has 1 aromatic rings. The van der Waals surface area contributed by atoms with Crippen molar-refractivity contribution in [2.24, 2.45) is 5.73 Å². The number of carbonyl (C=O) groups excluding carboxylic acids is 1. The molecule has 0 aliphatic heterocycles. The molecular weight excluding hydrogens is 226 g/mol. The molecule has 0 bridgehead atoms. The summed E-state index contributed by atoms with van der Waals surface area (Å²) < 4.78 is 9.89. The van der Waals surface area contributed by atoms with Gasteiger partial charge >= 0.3 is 5.97 Å². The third kappa shape index (κ3) is 3.76. The van der Waals surface area contributed by atoms with E-state index in [0.29, 0.717) is 11.3 Å². The number of ether oxygens (including phenoxy) is 2. The molecule has 0 radical (unpaired) electrons. The molecule has 3 N–H and O–H groups in total. The van der Waals surface area contributed by atoms with Gasteiger partial charge in [-0.05, 0) is 24.3 Å². The molecule has 0 heterocycles. The minimum Gasteiger partial charge on any atom is -0.478 e. The van der Waals surface area contributed by atoms with E-state index in [1.54, 1.807) is 0 Å². The minimum atomic E-state index is -1.12. The van der Waals surface area contributed by atoms with Gasteiger partial charge in [-0.15, -0.1) is 0 Å². The number of nitrogens with two attached hydrogens (primary N) is 1. The average Bonchev–Trinajstić information content (AvgIpc) is 2.29. The fourth-order valence-electron chi connectivity index (χ4n) is 1.17. The standard InChI is InChI=1S/C11H13NO5/c1-16-6-9(11(14)15)17-8-4-2-7(3-5-8)10(12)13/h2-5,9H,6H2,1H3,(H2,12,13)(H,14,15). The van der Waals surface area contributed by atoms with Crippen LogP contribution in [0.1, 0.15) is 10.4 Å². The molecule has 6 nitrogen and oxygen atoms in total. The van der Waals surface area contributed by atoms with Crippen molar-refractivity contribution >= 4 is 11.9 Å². The number of carboxylic acid groups (broad SMARTS) is 1. The van der Waals surface area contributed by atoms with Crippen molar-refractivity contribution in [2.45, 2.75) is 6.10 Å². The van der Waals surface area contributed by atoms with Crippen LogP contribution in [-0.4, -0.2) is 36.8 Å². The lowest BCUT2D eigenvalue weighted by atomic mass is 10.2. The highest BCUT2D eigenvalue weighted by molar-refractivity contribution is 5.92. The van der Waals surface area contributed by atoms with Gasteiger partial charge in [0.1, 0.15) is 5.75 Å². The van der Waals surface area contributed by atoms with Crippen molar-refractivity contribution < 1.29 is 24.2 Å². The molecule has 0 saturated carbocycles. The maximum absolute atomic E-state index is 10.8. The Hall–Kier alpha value is -2.08. The van der Waals surface area contributed by atoms with E-state index in [2.05, 4.69) is 0 Å². The first-order valence-corrected chi connectivity index (χ1v) is 4.83. The zero-order valence-electron chi connectivity index (χ0n) is 9.25. The third-order valence-electron chi connectivity index (χ3n) is 2.01. The zero-order valence-corrected chi connectivity index (χ0v) is 9.25. The fourth-order valence-corrected chi connectivity index (χ4v) is 1.17. The number of aliphatic carboxylic acids is 1. The van der Waals surface area contributed by atoms with Crippen LogP contribution in [0.25, 0.3) is 0 Å². The van der Waals surface area contributed by atoms with E-state index in [9.17, 15) is 9.59 Å². The molecular formula is C11H13NO5. The van der Waals surface area contributed by atoms with Gasteiger partial charge < -0.3 is 20.3 Å². The molecule has 0 spiro atoms. The zero-order chi connectivity index (χ0) is 12.8. The summed E-state index contributed by atoms with van der Waals surface area (Å²) in [5, 5.41) is 8.83. The van der Waals surface area contributed by atoms with Gasteiger partial charge in [-0.25, -0.2) is 4.79 Å². The summed E-state index contributed by atoms with van der Waals surface area (Å²) in [6.45, 7) is -0.0626. The molecule has 0 saturated heterocycles. The molecule has 0 aliphatic carbocycles. The van der Waals surface area contributed by atoms with Gasteiger partial charge in [-0.3, -0.25) is 4.79 Å². The van der Waals surface area contributed by atoms with Gasteiger partial charge in [0, 0.05) is 12.7 Å². The van der Waals surface area contributed by atoms with E-state index < -0.39 is 18.0 Å². The largest absolute Gasteiger partial charge is 0.478 e. The summed E-state index contributed by atoms with van der Waals surface area (Å²) in [6, 6.07) is 5.88. The van der Waals surface area contributed by atoms with Crippen LogP contribution in [-0.2, 0) is 9.53 Å². The first kappa shape index (κ1) is 13.0. The Bertz CT molecular complexity index is 401. The lowest BCUT2D eigenvalue weighted by Crippen LogP contribution is -2.31. The van der Waals surface area contributed by atoms with Crippen LogP contribution in [0.5, 0.6) is 5.75 Å². The van der Waals surface area contributed by atoms with Crippen LogP contribution >= 0.6 is 0 Å². The van der Waals surface area contributed by atoms with Gasteiger partial charge in [0.05, 0.1) is 6.61 Å². The number of carboxylic acids is 1. The number of benzene rings is 1. The second-order valence-electron chi connectivity index (χ2n) is 3.29. The number of hydrogen-bond acceptors (Lipinski definition) is 4. The van der Waals surface area contributed by atoms with Crippen molar-refractivity contribution in [1.82, 2.24) is 0 Å². The van der Waals surface area contributed by atoms with E-state index in [-0.39, 0.29) is 6.61 Å². The van der Waals surface area contributed by atoms with Crippen LogP contribution in [0.15, 0.2) is 24.3 Å². The molecule has 1 aromatic carbocycles. The van der Waals surface area contributed by atoms with Gasteiger partial charge in [0.2, 0.25) is 12.0 Å². The van der Waals surface area contributed by atoms with Crippen molar-refractivity contribution in [2.75, 3.05) is 13.7 Å². The van der Waals surface area contributed by atoms with Gasteiger partial charge in [0.15, 0.2) is 0 Å². The molecule has 1 unspecified atom stereocenters. The Morgan fingerprint density at radius 2 is 1.94 bits per heavy atom. The summed E-state index contributed by atoms with van der Waals surface area (Å²) in [5.41, 5.74) is 5.40. The predicted octanol–water partition coefficient (Wildman–Crippen LogP) is 0.264. The second-order valence-corrected chi connectivity index (χ2v) is 3.29. The average molecular weight is 239 g/mol. The number of hydrogen-bond donors (Lipinski definition) is 2. The lowest BCUT2D eigenvalue weighted by molar-refractivity contribution is -0.147. The molecule has 1 rings (SSSR count). The summed E-state index contributed by atoms with van der Waals surface area (Å²) in [7, 11) is 1.38. The highest BCUT2D eigenvalue weighted by atomic mass is 16.5. The molecule has 0 fully saturated rings. The van der Waals surface area contributed by atoms with Crippen LogP contribution in [0, 0.1) is 0 Å². The van der Waals surface area contributed by atoms with Gasteiger partial charge in [-0.1, -0.05) is 0 Å². The highest BCUT2D eigenvalue weighted by Gasteiger charge is 2.19. The normalized spacial score (nSPS) is 11.8. The number of methoxy groups -OCH3 is 1. The first-order chi connectivity index (χ1) is 8.04. The minimum absolute atomic E-state index is 0.0626. The number of rotatable bonds is 6. The van der Waals surface area contributed by atoms with Crippen molar-refractivity contribution in [1.29, 1.82) is 0 Å². The topological polar surface area (TPSA) is 98.9 Å². The van der Waals surface area contributed by atoms with Crippen molar-refractivity contribution in [3.8, 4) is 5.75 Å². The Balaban J connectivity index is 2.73. The van der Waals surface area contributed by atoms with Crippen molar-refractivity contribution in [3.05, 3.63) is 29.8 Å². The third-order valence-corrected chi connectivity index (χ3v) is 2.01. The van der Waals surface area contributed by atoms with Crippen LogP contribution in [0.4, 0.5) is 0 Å². The van der Waals surface area contributed by atoms with Crippen LogP contribution in [0.2, 0.25) is 0 Å². The summed E-state index contributed by atoms with van der Waals surface area (Å²) in [5.74, 6) is -1.34. The maximum atomic E-state index is 10.8. The second kappa shape index (κ2) is 5.86. The SMILES string of the molecule is COCC(Oc1ccc(C(N)=O)cc1)C(=O)O. The quantitative estimate of drug-likeness (QED) is 0.742. The van der Waals surface area contributed by atoms with E-state index in [4.69, 9.17) is 20.3 Å². The molecule has 6 heteroatoms. The first-order valence-electron chi connectivity index (χ1n) is 4.83. The number of carbonyl (C=O) groups is 2. The Morgan fingerprint density at radius 1 is 1.35 bits per heavy atom. The molecule has 1 amide bonds. The molecule has 17 heavy (non-hydrogen) atoms.